The maximum absolute atomic E-state index is 5.66. The molecule has 1 aromatic carbocycles. The fraction of sp³-hybridized carbons (Fsp3) is 0. The number of hydrogen-bond donors (Lipinski definition) is 3. The van der Waals surface area contributed by atoms with Gasteiger partial charge < -0.3 is 16.4 Å². The molecule has 0 amide bonds. The average molecular weight is 191 g/mol. The fourth-order valence-electron chi connectivity index (χ4n) is 1.20. The maximum atomic E-state index is 5.66. The lowest BCUT2D eigenvalue weighted by Gasteiger charge is -2.07. The zero-order valence-corrected chi connectivity index (χ0v) is 7.69. The van der Waals surface area contributed by atoms with Crippen molar-refractivity contribution in [3.63, 3.8) is 0 Å². The first-order valence-electron chi connectivity index (χ1n) is 3.90. The summed E-state index contributed by atoms with van der Waals surface area (Å²) in [6, 6.07) is 7.77. The molecule has 3 nitrogen and oxygen atoms in total. The Balaban J connectivity index is 2.46. The van der Waals surface area contributed by atoms with Gasteiger partial charge in [-0.05, 0) is 12.1 Å². The van der Waals surface area contributed by atoms with Gasteiger partial charge in [0, 0.05) is 6.08 Å². The van der Waals surface area contributed by atoms with Gasteiger partial charge in [0.05, 0.1) is 11.4 Å². The van der Waals surface area contributed by atoms with Crippen LogP contribution in [-0.2, 0) is 0 Å². The minimum atomic E-state index is 0.558. The molecule has 1 heterocycles. The third-order valence-corrected chi connectivity index (χ3v) is 1.97. The van der Waals surface area contributed by atoms with E-state index >= 15 is 0 Å². The number of rotatable bonds is 0. The van der Waals surface area contributed by atoms with Gasteiger partial charge in [0.2, 0.25) is 0 Å². The van der Waals surface area contributed by atoms with E-state index in [1.165, 1.54) is 0 Å². The van der Waals surface area contributed by atoms with E-state index in [2.05, 4.69) is 10.6 Å². The number of hydrogen-bond acceptors (Lipinski definition) is 3. The number of anilines is 2. The second-order valence-corrected chi connectivity index (χ2v) is 3.20. The van der Waals surface area contributed by atoms with Gasteiger partial charge in [0.1, 0.15) is 10.8 Å². The van der Waals surface area contributed by atoms with E-state index in [9.17, 15) is 0 Å². The Morgan fingerprint density at radius 3 is 2.38 bits per heavy atom. The summed E-state index contributed by atoms with van der Waals surface area (Å²) in [5.74, 6) is 0.558. The van der Waals surface area contributed by atoms with Gasteiger partial charge in [-0.3, -0.25) is 0 Å². The molecule has 1 aliphatic heterocycles. The number of benzene rings is 1. The third kappa shape index (κ3) is 1.62. The van der Waals surface area contributed by atoms with E-state index in [1.54, 1.807) is 6.08 Å². The lowest BCUT2D eigenvalue weighted by atomic mass is 10.2. The average Bonchev–Trinajstić information content (AvgIpc) is 2.20. The summed E-state index contributed by atoms with van der Waals surface area (Å²) < 4.78 is 0. The molecule has 0 saturated heterocycles. The Labute approximate surface area is 81.6 Å². The molecule has 0 bridgehead atoms. The van der Waals surface area contributed by atoms with Crippen LogP contribution in [0, 0.1) is 0 Å². The number of thiocarbonyl (C=S) groups is 1. The van der Waals surface area contributed by atoms with Crippen molar-refractivity contribution in [1.29, 1.82) is 0 Å². The molecule has 0 aromatic heterocycles. The van der Waals surface area contributed by atoms with Crippen LogP contribution in [0.15, 0.2) is 36.2 Å². The Morgan fingerprint density at radius 2 is 1.69 bits per heavy atom. The van der Waals surface area contributed by atoms with E-state index in [1.807, 2.05) is 24.3 Å². The third-order valence-electron chi connectivity index (χ3n) is 1.75. The first kappa shape index (κ1) is 8.07. The summed E-state index contributed by atoms with van der Waals surface area (Å²) in [6.07, 6.45) is 1.69. The molecular formula is C9H9N3S. The number of nitrogens with two attached hydrogens (primary N) is 1. The highest BCUT2D eigenvalue weighted by Crippen LogP contribution is 2.23. The van der Waals surface area contributed by atoms with Gasteiger partial charge in [0.15, 0.2) is 0 Å². The maximum Gasteiger partial charge on any atom is 0.107 e. The molecule has 2 rings (SSSR count). The van der Waals surface area contributed by atoms with Crippen molar-refractivity contribution in [2.45, 2.75) is 0 Å². The molecule has 0 saturated carbocycles. The summed E-state index contributed by atoms with van der Waals surface area (Å²) >= 11 is 5.04. The zero-order chi connectivity index (χ0) is 9.26. The van der Waals surface area contributed by atoms with Crippen molar-refractivity contribution in [2.75, 3.05) is 10.6 Å². The largest absolute Gasteiger partial charge is 0.385 e. The van der Waals surface area contributed by atoms with E-state index in [-0.39, 0.29) is 0 Å². The second-order valence-electron chi connectivity index (χ2n) is 2.76. The number of nitrogens with one attached hydrogen (secondary N) is 2. The van der Waals surface area contributed by atoms with Gasteiger partial charge in [-0.25, -0.2) is 0 Å². The first-order chi connectivity index (χ1) is 6.25. The summed E-state index contributed by atoms with van der Waals surface area (Å²) in [5.41, 5.74) is 7.55. The Kier molecular flexibility index (Phi) is 1.90. The molecule has 0 aliphatic carbocycles. The molecule has 0 atom stereocenters. The lowest BCUT2D eigenvalue weighted by Crippen LogP contribution is -2.09. The van der Waals surface area contributed by atoms with Crippen molar-refractivity contribution in [1.82, 2.24) is 0 Å². The van der Waals surface area contributed by atoms with Crippen molar-refractivity contribution >= 4 is 28.6 Å². The summed E-state index contributed by atoms with van der Waals surface area (Å²) in [4.78, 5) is 0.620. The zero-order valence-electron chi connectivity index (χ0n) is 6.87. The summed E-state index contributed by atoms with van der Waals surface area (Å²) in [6.45, 7) is 0. The van der Waals surface area contributed by atoms with Gasteiger partial charge in [-0.15, -0.1) is 0 Å². The highest BCUT2D eigenvalue weighted by Gasteiger charge is 2.07. The Hall–Kier alpha value is -1.55. The van der Waals surface area contributed by atoms with Crippen molar-refractivity contribution < 1.29 is 0 Å². The minimum absolute atomic E-state index is 0.558. The number of para-hydroxylation sites is 2. The van der Waals surface area contributed by atoms with Crippen LogP contribution in [0.2, 0.25) is 0 Å². The first-order valence-corrected chi connectivity index (χ1v) is 4.31. The molecule has 0 radical (unpaired) electrons. The lowest BCUT2D eigenvalue weighted by molar-refractivity contribution is 1.33. The Bertz CT molecular complexity index is 384. The smallest absolute Gasteiger partial charge is 0.107 e. The van der Waals surface area contributed by atoms with Gasteiger partial charge in [-0.1, -0.05) is 24.4 Å². The molecule has 4 N–H and O–H groups in total. The summed E-state index contributed by atoms with van der Waals surface area (Å²) in [7, 11) is 0. The molecule has 1 aromatic rings. The van der Waals surface area contributed by atoms with Crippen LogP contribution in [0.1, 0.15) is 0 Å². The normalized spacial score (nSPS) is 14.8. The second kappa shape index (κ2) is 3.06. The van der Waals surface area contributed by atoms with Crippen molar-refractivity contribution in [2.24, 2.45) is 5.73 Å². The van der Waals surface area contributed by atoms with Crippen LogP contribution < -0.4 is 16.4 Å². The highest BCUT2D eigenvalue weighted by molar-refractivity contribution is 7.81. The van der Waals surface area contributed by atoms with E-state index in [0.29, 0.717) is 10.8 Å². The van der Waals surface area contributed by atoms with Crippen LogP contribution in [0.5, 0.6) is 0 Å². The predicted octanol–water partition coefficient (Wildman–Crippen LogP) is 1.65. The quantitative estimate of drug-likeness (QED) is 0.546. The van der Waals surface area contributed by atoms with Gasteiger partial charge in [0.25, 0.3) is 0 Å². The molecular weight excluding hydrogens is 182 g/mol. The monoisotopic (exact) mass is 191 g/mol. The van der Waals surface area contributed by atoms with Gasteiger partial charge in [-0.2, -0.15) is 0 Å². The van der Waals surface area contributed by atoms with Crippen LogP contribution in [-0.4, -0.2) is 4.99 Å². The van der Waals surface area contributed by atoms with E-state index in [0.717, 1.165) is 11.4 Å². The van der Waals surface area contributed by atoms with Crippen LogP contribution >= 0.6 is 12.2 Å². The van der Waals surface area contributed by atoms with Crippen LogP contribution in [0.4, 0.5) is 11.4 Å². The van der Waals surface area contributed by atoms with E-state index in [4.69, 9.17) is 18.0 Å². The topological polar surface area (TPSA) is 50.1 Å². The SMILES string of the molecule is NC1=CC(=S)Nc2ccccc2N1. The van der Waals surface area contributed by atoms with E-state index < -0.39 is 0 Å². The summed E-state index contributed by atoms with van der Waals surface area (Å²) in [5, 5.41) is 6.11. The molecule has 1 aliphatic rings. The molecule has 0 spiro atoms. The van der Waals surface area contributed by atoms with Gasteiger partial charge >= 0.3 is 0 Å². The standard InChI is InChI=1S/C9H9N3S/c10-8-5-9(13)12-7-4-2-1-3-6(7)11-8/h1-5,11H,10H2,(H,12,13). The minimum Gasteiger partial charge on any atom is -0.385 e. The Morgan fingerprint density at radius 1 is 1.08 bits per heavy atom. The molecule has 4 heteroatoms. The predicted molar refractivity (Wildman–Crippen MR) is 58.6 cm³/mol. The molecule has 13 heavy (non-hydrogen) atoms. The fourth-order valence-corrected chi connectivity index (χ4v) is 1.44. The molecule has 0 fully saturated rings. The molecule has 0 unspecified atom stereocenters. The van der Waals surface area contributed by atoms with Crippen LogP contribution in [0.3, 0.4) is 0 Å². The highest BCUT2D eigenvalue weighted by atomic mass is 32.1. The van der Waals surface area contributed by atoms with Crippen LogP contribution in [0.25, 0.3) is 0 Å². The van der Waals surface area contributed by atoms with Crippen molar-refractivity contribution in [3.05, 3.63) is 36.2 Å². The van der Waals surface area contributed by atoms with Crippen molar-refractivity contribution in [3.8, 4) is 0 Å². The molecule has 66 valence electrons. The number of fused-ring (bicyclic) bond motifs is 1.